The van der Waals surface area contributed by atoms with Gasteiger partial charge in [0.15, 0.2) is 0 Å². The largest absolute Gasteiger partial charge is 0.456 e. The molecule has 0 saturated carbocycles. The second-order valence-electron chi connectivity index (χ2n) is 14.1. The van der Waals surface area contributed by atoms with Gasteiger partial charge in [0.1, 0.15) is 11.2 Å². The second-order valence-corrected chi connectivity index (χ2v) is 14.1. The number of para-hydroxylation sites is 1. The zero-order valence-electron chi connectivity index (χ0n) is 28.9. The highest BCUT2D eigenvalue weighted by atomic mass is 16.3. The molecule has 246 valence electrons. The number of furan rings is 1. The van der Waals surface area contributed by atoms with Gasteiger partial charge in [0.25, 0.3) is 0 Å². The number of rotatable bonds is 4. The normalized spacial score (nSPS) is 11.8. The highest BCUT2D eigenvalue weighted by Crippen LogP contribution is 2.42. The van der Waals surface area contributed by atoms with Crippen LogP contribution in [0.15, 0.2) is 199 Å². The zero-order chi connectivity index (χ0) is 34.9. The summed E-state index contributed by atoms with van der Waals surface area (Å²) < 4.78 is 6.16. The van der Waals surface area contributed by atoms with Crippen molar-refractivity contribution in [2.75, 3.05) is 0 Å². The summed E-state index contributed by atoms with van der Waals surface area (Å²) in [6.45, 7) is 0. The molecular weight excluding hydrogens is 641 g/mol. The topological polar surface area (TPSA) is 13.1 Å². The second kappa shape index (κ2) is 11.8. The lowest BCUT2D eigenvalue weighted by atomic mass is 9.88. The molecule has 11 rings (SSSR count). The van der Waals surface area contributed by atoms with Crippen LogP contribution in [0.25, 0.3) is 110 Å². The van der Waals surface area contributed by atoms with Crippen LogP contribution in [-0.2, 0) is 0 Å². The van der Waals surface area contributed by atoms with Gasteiger partial charge in [-0.15, -0.1) is 0 Å². The smallest absolute Gasteiger partial charge is 0.135 e. The molecule has 0 radical (unpaired) electrons. The molecule has 0 unspecified atom stereocenters. The minimum atomic E-state index is 0.914. The lowest BCUT2D eigenvalue weighted by Crippen LogP contribution is -1.89. The third-order valence-electron chi connectivity index (χ3n) is 11.0. The Labute approximate surface area is 307 Å². The van der Waals surface area contributed by atoms with Crippen LogP contribution in [0.3, 0.4) is 0 Å². The zero-order valence-corrected chi connectivity index (χ0v) is 28.9. The minimum Gasteiger partial charge on any atom is -0.456 e. The Hall–Kier alpha value is -6.96. The van der Waals surface area contributed by atoms with E-state index in [1.54, 1.807) is 0 Å². The number of hydrogen-bond acceptors (Lipinski definition) is 1. The van der Waals surface area contributed by atoms with E-state index < -0.39 is 0 Å². The Morgan fingerprint density at radius 2 is 0.679 bits per heavy atom. The van der Waals surface area contributed by atoms with Crippen LogP contribution in [0.1, 0.15) is 0 Å². The first-order valence-corrected chi connectivity index (χ1v) is 18.2. The van der Waals surface area contributed by atoms with Gasteiger partial charge < -0.3 is 4.42 Å². The standard InChI is InChI=1S/C52H32O/c1-5-15-42-35(11-1)27-39(31-47(42)38-25-26-52-50(30-38)46-19-9-10-20-51(46)53-52)33-21-23-34(24-22-33)40-28-36-12-2-6-16-43(36)48(32-40)49-29-37-13-3-4-14-41(37)44-17-7-8-18-45(44)49/h1-32H. The third kappa shape index (κ3) is 4.86. The Balaban J connectivity index is 1.04. The highest BCUT2D eigenvalue weighted by molar-refractivity contribution is 6.17. The molecule has 10 aromatic carbocycles. The van der Waals surface area contributed by atoms with Gasteiger partial charge in [-0.05, 0) is 136 Å². The van der Waals surface area contributed by atoms with E-state index in [1.807, 2.05) is 12.1 Å². The molecule has 0 saturated heterocycles. The fourth-order valence-corrected chi connectivity index (χ4v) is 8.44. The molecule has 1 heterocycles. The van der Waals surface area contributed by atoms with Crippen molar-refractivity contribution in [1.29, 1.82) is 0 Å². The first-order valence-electron chi connectivity index (χ1n) is 18.2. The SMILES string of the molecule is c1ccc2c(-c3ccc4oc5ccccc5c4c3)cc(-c3ccc(-c4cc(-c5cc6ccccc6c6ccccc56)c5ccccc5c4)cc3)cc2c1. The monoisotopic (exact) mass is 672 g/mol. The molecule has 0 spiro atoms. The Bertz CT molecular complexity index is 3220. The Morgan fingerprint density at radius 3 is 1.36 bits per heavy atom. The summed E-state index contributed by atoms with van der Waals surface area (Å²) in [4.78, 5) is 0. The summed E-state index contributed by atoms with van der Waals surface area (Å²) in [5.41, 5.74) is 11.6. The summed E-state index contributed by atoms with van der Waals surface area (Å²) in [6, 6.07) is 70.8. The average Bonchev–Trinajstić information content (AvgIpc) is 3.61. The highest BCUT2D eigenvalue weighted by Gasteiger charge is 2.15. The van der Waals surface area contributed by atoms with E-state index in [-0.39, 0.29) is 0 Å². The van der Waals surface area contributed by atoms with E-state index in [0.29, 0.717) is 0 Å². The Kier molecular flexibility index (Phi) is 6.62. The molecule has 0 aliphatic rings. The van der Waals surface area contributed by atoms with Crippen molar-refractivity contribution in [2.24, 2.45) is 0 Å². The van der Waals surface area contributed by atoms with Gasteiger partial charge in [-0.25, -0.2) is 0 Å². The molecule has 0 bridgehead atoms. The van der Waals surface area contributed by atoms with E-state index in [1.165, 1.54) is 87.6 Å². The van der Waals surface area contributed by atoms with Crippen LogP contribution in [0.4, 0.5) is 0 Å². The molecular formula is C52H32O. The molecule has 0 amide bonds. The van der Waals surface area contributed by atoms with Gasteiger partial charge in [-0.3, -0.25) is 0 Å². The van der Waals surface area contributed by atoms with E-state index in [0.717, 1.165) is 21.9 Å². The van der Waals surface area contributed by atoms with Crippen LogP contribution in [-0.4, -0.2) is 0 Å². The van der Waals surface area contributed by atoms with Crippen molar-refractivity contribution in [2.45, 2.75) is 0 Å². The molecule has 11 aromatic rings. The van der Waals surface area contributed by atoms with Gasteiger partial charge in [-0.1, -0.05) is 146 Å². The maximum atomic E-state index is 6.16. The molecule has 0 atom stereocenters. The first-order chi connectivity index (χ1) is 26.2. The summed E-state index contributed by atoms with van der Waals surface area (Å²) in [5.74, 6) is 0. The lowest BCUT2D eigenvalue weighted by molar-refractivity contribution is 0.669. The number of hydrogen-bond donors (Lipinski definition) is 0. The van der Waals surface area contributed by atoms with E-state index in [9.17, 15) is 0 Å². The molecule has 1 heteroatoms. The van der Waals surface area contributed by atoms with E-state index in [4.69, 9.17) is 4.42 Å². The quantitative estimate of drug-likeness (QED) is 0.170. The van der Waals surface area contributed by atoms with E-state index >= 15 is 0 Å². The van der Waals surface area contributed by atoms with Gasteiger partial charge in [0.2, 0.25) is 0 Å². The molecule has 1 nitrogen and oxygen atoms in total. The maximum absolute atomic E-state index is 6.16. The maximum Gasteiger partial charge on any atom is 0.135 e. The fourth-order valence-electron chi connectivity index (χ4n) is 8.44. The summed E-state index contributed by atoms with van der Waals surface area (Å²) in [5, 5.41) is 12.4. The van der Waals surface area contributed by atoms with Gasteiger partial charge in [0, 0.05) is 10.8 Å². The first kappa shape index (κ1) is 29.7. The Morgan fingerprint density at radius 1 is 0.226 bits per heavy atom. The molecule has 1 aromatic heterocycles. The van der Waals surface area contributed by atoms with Crippen LogP contribution >= 0.6 is 0 Å². The van der Waals surface area contributed by atoms with Crippen molar-refractivity contribution in [3.05, 3.63) is 194 Å². The summed E-state index contributed by atoms with van der Waals surface area (Å²) in [7, 11) is 0. The molecule has 0 aliphatic carbocycles. The number of benzene rings is 10. The van der Waals surface area contributed by atoms with Crippen molar-refractivity contribution in [1.82, 2.24) is 0 Å². The van der Waals surface area contributed by atoms with Crippen molar-refractivity contribution < 1.29 is 4.42 Å². The van der Waals surface area contributed by atoms with Crippen LogP contribution in [0, 0.1) is 0 Å². The van der Waals surface area contributed by atoms with Gasteiger partial charge in [0.05, 0.1) is 0 Å². The average molecular weight is 673 g/mol. The number of fused-ring (bicyclic) bond motifs is 8. The van der Waals surface area contributed by atoms with Crippen LogP contribution in [0.5, 0.6) is 0 Å². The predicted molar refractivity (Wildman–Crippen MR) is 225 cm³/mol. The fraction of sp³-hybridized carbons (Fsp3) is 0. The van der Waals surface area contributed by atoms with Crippen molar-refractivity contribution in [3.63, 3.8) is 0 Å². The molecule has 53 heavy (non-hydrogen) atoms. The summed E-state index contributed by atoms with van der Waals surface area (Å²) in [6.07, 6.45) is 0. The lowest BCUT2D eigenvalue weighted by Gasteiger charge is -2.16. The van der Waals surface area contributed by atoms with Gasteiger partial charge >= 0.3 is 0 Å². The molecule has 0 aliphatic heterocycles. The van der Waals surface area contributed by atoms with Crippen molar-refractivity contribution in [3.8, 4) is 44.5 Å². The molecule has 0 fully saturated rings. The van der Waals surface area contributed by atoms with Crippen molar-refractivity contribution >= 4 is 65.0 Å². The predicted octanol–water partition coefficient (Wildman–Crippen LogP) is 14.9. The third-order valence-corrected chi connectivity index (χ3v) is 11.0. The molecule has 0 N–H and O–H groups in total. The minimum absolute atomic E-state index is 0.914. The van der Waals surface area contributed by atoms with Crippen LogP contribution in [0.2, 0.25) is 0 Å². The van der Waals surface area contributed by atoms with Gasteiger partial charge in [-0.2, -0.15) is 0 Å². The van der Waals surface area contributed by atoms with E-state index in [2.05, 4.69) is 182 Å². The summed E-state index contributed by atoms with van der Waals surface area (Å²) >= 11 is 0. The van der Waals surface area contributed by atoms with Crippen LogP contribution < -0.4 is 0 Å².